The van der Waals surface area contributed by atoms with Gasteiger partial charge in [-0.15, -0.1) is 0 Å². The SMILES string of the molecule is NC(=O)COc1ccc(NCc2occc2Br)cc1. The van der Waals surface area contributed by atoms with Crippen LogP contribution >= 0.6 is 15.9 Å². The third-order valence-corrected chi connectivity index (χ3v) is 3.09. The Kier molecular flexibility index (Phi) is 4.46. The van der Waals surface area contributed by atoms with Crippen LogP contribution in [0.25, 0.3) is 0 Å². The summed E-state index contributed by atoms with van der Waals surface area (Å²) in [4.78, 5) is 10.6. The summed E-state index contributed by atoms with van der Waals surface area (Å²) in [6.45, 7) is 0.460. The maximum atomic E-state index is 10.6. The van der Waals surface area contributed by atoms with E-state index < -0.39 is 5.91 Å². The zero-order valence-electron chi connectivity index (χ0n) is 10.1. The molecule has 0 aliphatic carbocycles. The molecule has 0 radical (unpaired) electrons. The van der Waals surface area contributed by atoms with Crippen LogP contribution in [0.2, 0.25) is 0 Å². The van der Waals surface area contributed by atoms with Crippen molar-refractivity contribution in [1.82, 2.24) is 0 Å². The lowest BCUT2D eigenvalue weighted by atomic mass is 10.3. The molecule has 2 aromatic rings. The van der Waals surface area contributed by atoms with Gasteiger partial charge >= 0.3 is 0 Å². The number of nitrogens with two attached hydrogens (primary N) is 1. The highest BCUT2D eigenvalue weighted by molar-refractivity contribution is 9.10. The van der Waals surface area contributed by atoms with Gasteiger partial charge in [-0.25, -0.2) is 0 Å². The number of hydrogen-bond donors (Lipinski definition) is 2. The van der Waals surface area contributed by atoms with Crippen molar-refractivity contribution in [3.8, 4) is 5.75 Å². The molecule has 3 N–H and O–H groups in total. The minimum Gasteiger partial charge on any atom is -0.484 e. The highest BCUT2D eigenvalue weighted by atomic mass is 79.9. The van der Waals surface area contributed by atoms with Gasteiger partial charge in [-0.05, 0) is 46.3 Å². The molecular formula is C13H13BrN2O3. The number of halogens is 1. The fourth-order valence-corrected chi connectivity index (χ4v) is 1.80. The van der Waals surface area contributed by atoms with Crippen molar-refractivity contribution in [2.45, 2.75) is 6.54 Å². The molecule has 0 aliphatic rings. The van der Waals surface area contributed by atoms with Crippen LogP contribution in [0.4, 0.5) is 5.69 Å². The predicted molar refractivity (Wildman–Crippen MR) is 74.9 cm³/mol. The molecule has 19 heavy (non-hydrogen) atoms. The highest BCUT2D eigenvalue weighted by Gasteiger charge is 2.03. The number of rotatable bonds is 6. The standard InChI is InChI=1S/C13H13BrN2O3/c14-11-5-6-18-12(11)7-16-9-1-3-10(4-2-9)19-8-13(15)17/h1-6,16H,7-8H2,(H2,15,17). The summed E-state index contributed by atoms with van der Waals surface area (Å²) in [5.41, 5.74) is 5.92. The van der Waals surface area contributed by atoms with Crippen molar-refractivity contribution in [3.63, 3.8) is 0 Å². The fraction of sp³-hybridized carbons (Fsp3) is 0.154. The van der Waals surface area contributed by atoms with Gasteiger partial charge in [0.2, 0.25) is 0 Å². The molecule has 100 valence electrons. The average Bonchev–Trinajstić information content (AvgIpc) is 2.81. The monoisotopic (exact) mass is 324 g/mol. The number of carbonyl (C=O) groups excluding carboxylic acids is 1. The van der Waals surface area contributed by atoms with Gasteiger partial charge in [-0.3, -0.25) is 4.79 Å². The second-order valence-corrected chi connectivity index (χ2v) is 4.68. The second-order valence-electron chi connectivity index (χ2n) is 3.82. The van der Waals surface area contributed by atoms with Crippen molar-refractivity contribution in [3.05, 3.63) is 46.8 Å². The number of carbonyl (C=O) groups is 1. The summed E-state index contributed by atoms with van der Waals surface area (Å²) < 4.78 is 11.4. The molecular weight excluding hydrogens is 312 g/mol. The maximum absolute atomic E-state index is 10.6. The van der Waals surface area contributed by atoms with E-state index in [1.165, 1.54) is 0 Å². The van der Waals surface area contributed by atoms with Crippen molar-refractivity contribution >= 4 is 27.5 Å². The van der Waals surface area contributed by atoms with Gasteiger partial charge in [-0.1, -0.05) is 0 Å². The van der Waals surface area contributed by atoms with Crippen LogP contribution in [0, 0.1) is 0 Å². The van der Waals surface area contributed by atoms with E-state index in [2.05, 4.69) is 21.2 Å². The topological polar surface area (TPSA) is 77.5 Å². The summed E-state index contributed by atoms with van der Waals surface area (Å²) in [6, 6.07) is 9.09. The number of anilines is 1. The van der Waals surface area contributed by atoms with Crippen LogP contribution in [-0.2, 0) is 11.3 Å². The van der Waals surface area contributed by atoms with Crippen LogP contribution in [0.15, 0.2) is 45.5 Å². The number of benzene rings is 1. The molecule has 1 heterocycles. The van der Waals surface area contributed by atoms with E-state index in [0.29, 0.717) is 12.3 Å². The van der Waals surface area contributed by atoms with Crippen molar-refractivity contribution in [2.75, 3.05) is 11.9 Å². The Morgan fingerprint density at radius 3 is 2.63 bits per heavy atom. The first-order valence-corrected chi connectivity index (χ1v) is 6.41. The molecule has 0 atom stereocenters. The van der Waals surface area contributed by atoms with E-state index in [1.807, 2.05) is 18.2 Å². The zero-order chi connectivity index (χ0) is 13.7. The normalized spacial score (nSPS) is 10.2. The van der Waals surface area contributed by atoms with Crippen molar-refractivity contribution < 1.29 is 13.9 Å². The van der Waals surface area contributed by atoms with E-state index in [4.69, 9.17) is 14.9 Å². The quantitative estimate of drug-likeness (QED) is 0.855. The van der Waals surface area contributed by atoms with Gasteiger partial charge in [0.1, 0.15) is 11.5 Å². The Hall–Kier alpha value is -1.95. The molecule has 1 aromatic carbocycles. The summed E-state index contributed by atoms with van der Waals surface area (Å²) in [5, 5.41) is 3.21. The summed E-state index contributed by atoms with van der Waals surface area (Å²) in [7, 11) is 0. The van der Waals surface area contributed by atoms with Gasteiger partial charge in [0.05, 0.1) is 17.3 Å². The van der Waals surface area contributed by atoms with Gasteiger partial charge in [-0.2, -0.15) is 0 Å². The predicted octanol–water partition coefficient (Wildman–Crippen LogP) is 2.52. The summed E-state index contributed by atoms with van der Waals surface area (Å²) in [5.74, 6) is 0.933. The Bertz CT molecular complexity index is 551. The molecule has 1 aromatic heterocycles. The lowest BCUT2D eigenvalue weighted by molar-refractivity contribution is -0.119. The van der Waals surface area contributed by atoms with Gasteiger partial charge in [0.15, 0.2) is 6.61 Å². The molecule has 0 aliphatic heterocycles. The highest BCUT2D eigenvalue weighted by Crippen LogP contribution is 2.20. The van der Waals surface area contributed by atoms with E-state index in [1.54, 1.807) is 18.4 Å². The fourth-order valence-electron chi connectivity index (χ4n) is 1.46. The van der Waals surface area contributed by atoms with Crippen LogP contribution < -0.4 is 15.8 Å². The minimum absolute atomic E-state index is 0.119. The van der Waals surface area contributed by atoms with E-state index in [-0.39, 0.29) is 6.61 Å². The van der Waals surface area contributed by atoms with Crippen molar-refractivity contribution in [2.24, 2.45) is 5.73 Å². The van der Waals surface area contributed by atoms with Crippen LogP contribution in [0.1, 0.15) is 5.76 Å². The summed E-state index contributed by atoms with van der Waals surface area (Å²) >= 11 is 3.39. The number of primary amides is 1. The third kappa shape index (κ3) is 4.03. The molecule has 0 saturated heterocycles. The smallest absolute Gasteiger partial charge is 0.255 e. The molecule has 1 amide bonds. The third-order valence-electron chi connectivity index (χ3n) is 2.38. The first-order chi connectivity index (χ1) is 9.15. The van der Waals surface area contributed by atoms with Gasteiger partial charge in [0, 0.05) is 5.69 Å². The largest absolute Gasteiger partial charge is 0.484 e. The maximum Gasteiger partial charge on any atom is 0.255 e. The van der Waals surface area contributed by atoms with Crippen LogP contribution in [0.5, 0.6) is 5.75 Å². The Morgan fingerprint density at radius 1 is 1.32 bits per heavy atom. The minimum atomic E-state index is -0.495. The molecule has 0 bridgehead atoms. The van der Waals surface area contributed by atoms with Gasteiger partial charge in [0.25, 0.3) is 5.91 Å². The molecule has 0 unspecified atom stereocenters. The lowest BCUT2D eigenvalue weighted by Crippen LogP contribution is -2.19. The number of hydrogen-bond acceptors (Lipinski definition) is 4. The molecule has 0 saturated carbocycles. The molecule has 0 spiro atoms. The number of amides is 1. The van der Waals surface area contributed by atoms with Gasteiger partial charge < -0.3 is 20.2 Å². The Balaban J connectivity index is 1.88. The molecule has 2 rings (SSSR count). The average molecular weight is 325 g/mol. The number of furan rings is 1. The van der Waals surface area contributed by atoms with E-state index in [9.17, 15) is 4.79 Å². The number of nitrogens with one attached hydrogen (secondary N) is 1. The zero-order valence-corrected chi connectivity index (χ0v) is 11.6. The first-order valence-electron chi connectivity index (χ1n) is 5.62. The first kappa shape index (κ1) is 13.5. The molecule has 5 nitrogen and oxygen atoms in total. The van der Waals surface area contributed by atoms with Crippen LogP contribution in [-0.4, -0.2) is 12.5 Å². The summed E-state index contributed by atoms with van der Waals surface area (Å²) in [6.07, 6.45) is 1.63. The van der Waals surface area contributed by atoms with E-state index >= 15 is 0 Å². The lowest BCUT2D eigenvalue weighted by Gasteiger charge is -2.07. The van der Waals surface area contributed by atoms with E-state index in [0.717, 1.165) is 15.9 Å². The Labute approximate surface area is 118 Å². The second kappa shape index (κ2) is 6.29. The van der Waals surface area contributed by atoms with Crippen LogP contribution in [0.3, 0.4) is 0 Å². The molecule has 0 fully saturated rings. The number of ether oxygens (including phenoxy) is 1. The molecule has 6 heteroatoms. The van der Waals surface area contributed by atoms with Crippen molar-refractivity contribution in [1.29, 1.82) is 0 Å². The Morgan fingerprint density at radius 2 is 2.05 bits per heavy atom.